The van der Waals surface area contributed by atoms with Gasteiger partial charge in [0.15, 0.2) is 17.5 Å². The van der Waals surface area contributed by atoms with Crippen LogP contribution in [-0.2, 0) is 6.54 Å². The number of ether oxygens (including phenoxy) is 2. The van der Waals surface area contributed by atoms with Crippen molar-refractivity contribution in [3.05, 3.63) is 23.8 Å². The highest BCUT2D eigenvalue weighted by molar-refractivity contribution is 5.80. The molecule has 1 aromatic carbocycles. The molecule has 0 spiro atoms. The molecule has 0 unspecified atom stereocenters. The zero-order valence-corrected chi connectivity index (χ0v) is 15.1. The number of benzene rings is 1. The molecule has 0 aliphatic carbocycles. The maximum atomic E-state index is 5.55. The maximum absolute atomic E-state index is 5.55. The van der Waals surface area contributed by atoms with E-state index in [4.69, 9.17) is 15.9 Å². The Morgan fingerprint density at radius 3 is 2.79 bits per heavy atom. The van der Waals surface area contributed by atoms with Crippen LogP contribution in [0.25, 0.3) is 0 Å². The molecule has 0 aromatic heterocycles. The summed E-state index contributed by atoms with van der Waals surface area (Å²) in [6.07, 6.45) is 6.45. The van der Waals surface area contributed by atoms with Crippen LogP contribution in [0.4, 0.5) is 0 Å². The van der Waals surface area contributed by atoms with Crippen molar-refractivity contribution < 1.29 is 9.47 Å². The van der Waals surface area contributed by atoms with Gasteiger partial charge in [0.25, 0.3) is 0 Å². The second kappa shape index (κ2) is 7.96. The average Bonchev–Trinajstić information content (AvgIpc) is 2.93. The zero-order valence-electron chi connectivity index (χ0n) is 15.1. The van der Waals surface area contributed by atoms with E-state index in [9.17, 15) is 0 Å². The molecule has 1 aliphatic heterocycles. The fraction of sp³-hybridized carbons (Fsp3) is 0.526. The van der Waals surface area contributed by atoms with Gasteiger partial charge in [-0.15, -0.1) is 6.42 Å². The SMILES string of the molecule is C#CCOc1cc(CNC(=NC)N2CCC(C)(C)C2)ccc1OC. The number of hydrogen-bond acceptors (Lipinski definition) is 3. The smallest absolute Gasteiger partial charge is 0.193 e. The van der Waals surface area contributed by atoms with Crippen LogP contribution in [-0.4, -0.2) is 44.7 Å². The topological polar surface area (TPSA) is 46.1 Å². The summed E-state index contributed by atoms with van der Waals surface area (Å²) in [4.78, 5) is 6.71. The largest absolute Gasteiger partial charge is 0.493 e. The highest BCUT2D eigenvalue weighted by Crippen LogP contribution is 2.29. The van der Waals surface area contributed by atoms with Crippen molar-refractivity contribution in [2.24, 2.45) is 10.4 Å². The highest BCUT2D eigenvalue weighted by Gasteiger charge is 2.30. The first-order valence-corrected chi connectivity index (χ1v) is 8.18. The van der Waals surface area contributed by atoms with Gasteiger partial charge in [-0.2, -0.15) is 0 Å². The number of nitrogens with one attached hydrogen (secondary N) is 1. The fourth-order valence-electron chi connectivity index (χ4n) is 2.87. The summed E-state index contributed by atoms with van der Waals surface area (Å²) in [5.74, 6) is 4.74. The van der Waals surface area contributed by atoms with E-state index in [1.807, 2.05) is 25.2 Å². The highest BCUT2D eigenvalue weighted by atomic mass is 16.5. The molecule has 1 aromatic rings. The molecule has 24 heavy (non-hydrogen) atoms. The molecular weight excluding hydrogens is 302 g/mol. The van der Waals surface area contributed by atoms with Crippen molar-refractivity contribution in [1.29, 1.82) is 0 Å². The summed E-state index contributed by atoms with van der Waals surface area (Å²) in [5, 5.41) is 3.43. The fourth-order valence-corrected chi connectivity index (χ4v) is 2.87. The van der Waals surface area contributed by atoms with Gasteiger partial charge in [-0.1, -0.05) is 25.8 Å². The van der Waals surface area contributed by atoms with Gasteiger partial charge in [-0.25, -0.2) is 0 Å². The second-order valence-electron chi connectivity index (χ2n) is 6.71. The van der Waals surface area contributed by atoms with Crippen LogP contribution in [0.1, 0.15) is 25.8 Å². The molecule has 5 heteroatoms. The minimum atomic E-state index is 0.220. The van der Waals surface area contributed by atoms with Gasteiger partial charge in [-0.3, -0.25) is 4.99 Å². The lowest BCUT2D eigenvalue weighted by Gasteiger charge is -2.23. The lowest BCUT2D eigenvalue weighted by molar-refractivity contribution is 0.330. The van der Waals surface area contributed by atoms with Gasteiger partial charge in [-0.05, 0) is 29.5 Å². The minimum Gasteiger partial charge on any atom is -0.493 e. The molecule has 1 N–H and O–H groups in total. The Morgan fingerprint density at radius 2 is 2.21 bits per heavy atom. The standard InChI is InChI=1S/C19H27N3O2/c1-6-11-24-17-12-15(7-8-16(17)23-5)13-21-18(20-4)22-10-9-19(2,3)14-22/h1,7-8,12H,9-11,13-14H2,2-5H3,(H,20,21). The predicted molar refractivity (Wildman–Crippen MR) is 97.5 cm³/mol. The minimum absolute atomic E-state index is 0.220. The van der Waals surface area contributed by atoms with E-state index in [0.717, 1.165) is 24.6 Å². The molecule has 5 nitrogen and oxygen atoms in total. The van der Waals surface area contributed by atoms with Gasteiger partial charge in [0, 0.05) is 26.7 Å². The number of rotatable bonds is 5. The van der Waals surface area contributed by atoms with E-state index in [2.05, 4.69) is 35.0 Å². The lowest BCUT2D eigenvalue weighted by atomic mass is 9.93. The van der Waals surface area contributed by atoms with E-state index in [0.29, 0.717) is 23.5 Å². The number of likely N-dealkylation sites (tertiary alicyclic amines) is 1. The molecule has 1 saturated heterocycles. The van der Waals surface area contributed by atoms with E-state index in [-0.39, 0.29) is 6.61 Å². The molecule has 130 valence electrons. The van der Waals surface area contributed by atoms with Crippen LogP contribution < -0.4 is 14.8 Å². The Balaban J connectivity index is 2.01. The van der Waals surface area contributed by atoms with Crippen molar-refractivity contribution in [3.8, 4) is 23.8 Å². The van der Waals surface area contributed by atoms with E-state index in [1.54, 1.807) is 7.11 Å². The quantitative estimate of drug-likeness (QED) is 0.512. The number of guanidine groups is 1. The molecule has 0 amide bonds. The molecule has 1 heterocycles. The molecule has 1 fully saturated rings. The average molecular weight is 329 g/mol. The Hall–Kier alpha value is -2.35. The van der Waals surface area contributed by atoms with Gasteiger partial charge < -0.3 is 19.7 Å². The summed E-state index contributed by atoms with van der Waals surface area (Å²) in [6, 6.07) is 5.85. The zero-order chi connectivity index (χ0) is 17.6. The molecule has 0 bridgehead atoms. The van der Waals surface area contributed by atoms with E-state index >= 15 is 0 Å². The van der Waals surface area contributed by atoms with E-state index < -0.39 is 0 Å². The number of methoxy groups -OCH3 is 1. The van der Waals surface area contributed by atoms with Gasteiger partial charge >= 0.3 is 0 Å². The van der Waals surface area contributed by atoms with Crippen molar-refractivity contribution in [1.82, 2.24) is 10.2 Å². The van der Waals surface area contributed by atoms with Gasteiger partial charge in [0.1, 0.15) is 6.61 Å². The molecule has 2 rings (SSSR count). The lowest BCUT2D eigenvalue weighted by Crippen LogP contribution is -2.40. The number of nitrogens with zero attached hydrogens (tertiary/aromatic N) is 2. The first-order valence-electron chi connectivity index (χ1n) is 8.18. The molecule has 1 aliphatic rings. The van der Waals surface area contributed by atoms with Crippen molar-refractivity contribution in [3.63, 3.8) is 0 Å². The molecular formula is C19H27N3O2. The van der Waals surface area contributed by atoms with Crippen molar-refractivity contribution >= 4 is 5.96 Å². The van der Waals surface area contributed by atoms with Crippen LogP contribution in [0.5, 0.6) is 11.5 Å². The first kappa shape index (κ1) is 18.0. The van der Waals surface area contributed by atoms with Gasteiger partial charge in [0.2, 0.25) is 0 Å². The third-order valence-electron chi connectivity index (χ3n) is 4.18. The van der Waals surface area contributed by atoms with Crippen LogP contribution in [0.3, 0.4) is 0 Å². The maximum Gasteiger partial charge on any atom is 0.193 e. The molecule has 0 saturated carbocycles. The summed E-state index contributed by atoms with van der Waals surface area (Å²) in [7, 11) is 3.44. The van der Waals surface area contributed by atoms with Crippen molar-refractivity contribution in [2.45, 2.75) is 26.8 Å². The van der Waals surface area contributed by atoms with E-state index in [1.165, 1.54) is 6.42 Å². The normalized spacial score (nSPS) is 16.6. The summed E-state index contributed by atoms with van der Waals surface area (Å²) >= 11 is 0. The second-order valence-corrected chi connectivity index (χ2v) is 6.71. The monoisotopic (exact) mass is 329 g/mol. The summed E-state index contributed by atoms with van der Waals surface area (Å²) in [6.45, 7) is 7.52. The first-order chi connectivity index (χ1) is 11.5. The molecule has 0 atom stereocenters. The Kier molecular flexibility index (Phi) is 5.97. The van der Waals surface area contributed by atoms with Gasteiger partial charge in [0.05, 0.1) is 7.11 Å². The van der Waals surface area contributed by atoms with Crippen LogP contribution in [0.15, 0.2) is 23.2 Å². The summed E-state index contributed by atoms with van der Waals surface area (Å²) in [5.41, 5.74) is 1.43. The molecule has 0 radical (unpaired) electrons. The van der Waals surface area contributed by atoms with Crippen LogP contribution in [0.2, 0.25) is 0 Å². The van der Waals surface area contributed by atoms with Crippen LogP contribution >= 0.6 is 0 Å². The number of aliphatic imine (C=N–C) groups is 1. The number of hydrogen-bond donors (Lipinski definition) is 1. The third-order valence-corrected chi connectivity index (χ3v) is 4.18. The predicted octanol–water partition coefficient (Wildman–Crippen LogP) is 2.51. The Morgan fingerprint density at radius 1 is 1.42 bits per heavy atom. The Bertz CT molecular complexity index is 632. The van der Waals surface area contributed by atoms with Crippen LogP contribution in [0, 0.1) is 17.8 Å². The Labute approximate surface area is 145 Å². The summed E-state index contributed by atoms with van der Waals surface area (Å²) < 4.78 is 10.9. The third kappa shape index (κ3) is 4.58. The van der Waals surface area contributed by atoms with Crippen molar-refractivity contribution in [2.75, 3.05) is 33.9 Å². The number of terminal acetylenes is 1.